The smallest absolute Gasteiger partial charge is 0.242 e. The van der Waals surface area contributed by atoms with E-state index in [2.05, 4.69) is 12.2 Å². The number of aliphatic imine (C=N–C) groups is 1. The summed E-state index contributed by atoms with van der Waals surface area (Å²) in [6.45, 7) is 4.11. The second-order valence-electron chi connectivity index (χ2n) is 8.03. The van der Waals surface area contributed by atoms with Crippen molar-refractivity contribution < 1.29 is 19.1 Å². The zero-order chi connectivity index (χ0) is 22.8. The van der Waals surface area contributed by atoms with E-state index in [9.17, 15) is 9.59 Å². The van der Waals surface area contributed by atoms with E-state index in [0.29, 0.717) is 22.4 Å². The number of carbonyl (C=O) groups is 2. The van der Waals surface area contributed by atoms with Crippen LogP contribution in [-0.2, 0) is 9.59 Å². The minimum absolute atomic E-state index is 0.0393. The molecule has 1 saturated heterocycles. The molecule has 32 heavy (non-hydrogen) atoms. The average molecular weight is 454 g/mol. The van der Waals surface area contributed by atoms with Crippen molar-refractivity contribution in [3.63, 3.8) is 0 Å². The number of amides is 2. The van der Waals surface area contributed by atoms with Gasteiger partial charge in [-0.1, -0.05) is 17.8 Å². The number of hydrogen-bond acceptors (Lipinski definition) is 6. The Kier molecular flexibility index (Phi) is 6.41. The number of carbonyl (C=O) groups excluding carboxylic acids is 2. The highest BCUT2D eigenvalue weighted by Gasteiger charge is 2.46. The van der Waals surface area contributed by atoms with Crippen molar-refractivity contribution in [3.05, 3.63) is 47.5 Å². The summed E-state index contributed by atoms with van der Waals surface area (Å²) in [5.74, 6) is 0.840. The number of thioether (sulfide) groups is 1. The molecule has 1 aliphatic carbocycles. The molecule has 0 radical (unpaired) electrons. The summed E-state index contributed by atoms with van der Waals surface area (Å²) in [7, 11) is 3.10. The van der Waals surface area contributed by atoms with E-state index in [0.717, 1.165) is 24.1 Å². The van der Waals surface area contributed by atoms with Crippen LogP contribution in [0.15, 0.2) is 41.4 Å². The van der Waals surface area contributed by atoms with E-state index in [1.165, 1.54) is 17.3 Å². The summed E-state index contributed by atoms with van der Waals surface area (Å²) in [6, 6.07) is 11.4. The molecule has 2 aromatic rings. The number of anilines is 1. The molecule has 168 valence electrons. The van der Waals surface area contributed by atoms with Crippen LogP contribution in [0.2, 0.25) is 0 Å². The fourth-order valence-electron chi connectivity index (χ4n) is 3.56. The lowest BCUT2D eigenvalue weighted by Crippen LogP contribution is -2.35. The van der Waals surface area contributed by atoms with Crippen molar-refractivity contribution in [1.82, 2.24) is 4.90 Å². The Morgan fingerprint density at radius 2 is 1.84 bits per heavy atom. The molecule has 0 bridgehead atoms. The quantitative estimate of drug-likeness (QED) is 0.670. The van der Waals surface area contributed by atoms with Gasteiger partial charge in [-0.15, -0.1) is 0 Å². The Bertz CT molecular complexity index is 1080. The monoisotopic (exact) mass is 453 g/mol. The Hall–Kier alpha value is -3.00. The van der Waals surface area contributed by atoms with Crippen molar-refractivity contribution in [2.45, 2.75) is 44.4 Å². The third kappa shape index (κ3) is 4.75. The number of hydrogen-bond donors (Lipinski definition) is 1. The normalized spacial score (nSPS) is 19.4. The number of nitrogens with zero attached hydrogens (tertiary/aromatic N) is 2. The Labute approximate surface area is 192 Å². The molecule has 1 unspecified atom stereocenters. The highest BCUT2D eigenvalue weighted by Crippen LogP contribution is 2.39. The first kappa shape index (κ1) is 22.2. The number of amidine groups is 1. The van der Waals surface area contributed by atoms with Crippen LogP contribution < -0.4 is 14.8 Å². The van der Waals surface area contributed by atoms with Gasteiger partial charge in [-0.2, -0.15) is 0 Å². The molecular formula is C24H27N3O4S. The van der Waals surface area contributed by atoms with Gasteiger partial charge in [0.25, 0.3) is 0 Å². The molecule has 1 atom stereocenters. The molecule has 1 N–H and O–H groups in total. The largest absolute Gasteiger partial charge is 0.493 e. The molecule has 0 aromatic heterocycles. The molecule has 2 amide bonds. The predicted octanol–water partition coefficient (Wildman–Crippen LogP) is 4.44. The van der Waals surface area contributed by atoms with Crippen LogP contribution in [0.3, 0.4) is 0 Å². The first-order chi connectivity index (χ1) is 15.4. The lowest BCUT2D eigenvalue weighted by atomic mass is 10.1. The van der Waals surface area contributed by atoms with Gasteiger partial charge in [0, 0.05) is 24.2 Å². The minimum atomic E-state index is -0.485. The van der Waals surface area contributed by atoms with Crippen LogP contribution in [0, 0.1) is 13.8 Å². The number of rotatable bonds is 7. The second-order valence-corrected chi connectivity index (χ2v) is 9.20. The zero-order valence-corrected chi connectivity index (χ0v) is 19.5. The minimum Gasteiger partial charge on any atom is -0.493 e. The van der Waals surface area contributed by atoms with Crippen LogP contribution >= 0.6 is 11.8 Å². The van der Waals surface area contributed by atoms with Gasteiger partial charge in [0.05, 0.1) is 19.9 Å². The lowest BCUT2D eigenvalue weighted by Gasteiger charge is -2.15. The van der Waals surface area contributed by atoms with Crippen molar-refractivity contribution in [2.24, 2.45) is 4.99 Å². The van der Waals surface area contributed by atoms with Crippen LogP contribution in [0.1, 0.15) is 30.4 Å². The SMILES string of the molecule is COc1ccc(NC(=O)CC2SC(=Nc3ccc(C)c(C)c3)N(C3CC3)C2=O)cc1OC. The first-order valence-corrected chi connectivity index (χ1v) is 11.4. The van der Waals surface area contributed by atoms with Gasteiger partial charge in [0.15, 0.2) is 16.7 Å². The summed E-state index contributed by atoms with van der Waals surface area (Å²) in [5, 5.41) is 3.05. The summed E-state index contributed by atoms with van der Waals surface area (Å²) in [6.07, 6.45) is 2.03. The molecular weight excluding hydrogens is 426 g/mol. The maximum absolute atomic E-state index is 13.1. The Balaban J connectivity index is 1.48. The van der Waals surface area contributed by atoms with Crippen LogP contribution in [0.4, 0.5) is 11.4 Å². The topological polar surface area (TPSA) is 80.2 Å². The van der Waals surface area contributed by atoms with E-state index in [1.54, 1.807) is 37.3 Å². The third-order valence-electron chi connectivity index (χ3n) is 5.63. The highest BCUT2D eigenvalue weighted by molar-refractivity contribution is 8.15. The number of ether oxygens (including phenoxy) is 2. The molecule has 2 aromatic carbocycles. The molecule has 1 aliphatic heterocycles. The van der Waals surface area contributed by atoms with Gasteiger partial charge in [-0.25, -0.2) is 4.99 Å². The summed E-state index contributed by atoms with van der Waals surface area (Å²) < 4.78 is 10.5. The standard InChI is InChI=1S/C24H27N3O4S/c1-14-5-6-16(11-15(14)2)26-24-27(18-8-9-18)23(29)21(32-24)13-22(28)25-17-7-10-19(30-3)20(12-17)31-4/h5-7,10-12,18,21H,8-9,13H2,1-4H3,(H,25,28). The summed E-state index contributed by atoms with van der Waals surface area (Å²) >= 11 is 1.37. The number of aryl methyl sites for hydroxylation is 2. The van der Waals surface area contributed by atoms with Crippen LogP contribution in [-0.4, -0.2) is 47.4 Å². The maximum atomic E-state index is 13.1. The van der Waals surface area contributed by atoms with Gasteiger partial charge in [-0.05, 0) is 62.1 Å². The molecule has 1 saturated carbocycles. The zero-order valence-electron chi connectivity index (χ0n) is 18.7. The van der Waals surface area contributed by atoms with Crippen LogP contribution in [0.25, 0.3) is 0 Å². The number of benzene rings is 2. The van der Waals surface area contributed by atoms with Crippen molar-refractivity contribution in [1.29, 1.82) is 0 Å². The van der Waals surface area contributed by atoms with Crippen molar-refractivity contribution in [2.75, 3.05) is 19.5 Å². The van der Waals surface area contributed by atoms with Crippen LogP contribution in [0.5, 0.6) is 11.5 Å². The first-order valence-electron chi connectivity index (χ1n) is 10.6. The van der Waals surface area contributed by atoms with Gasteiger partial charge >= 0.3 is 0 Å². The van der Waals surface area contributed by atoms with E-state index in [1.807, 2.05) is 25.1 Å². The second kappa shape index (κ2) is 9.24. The van der Waals surface area contributed by atoms with Gasteiger partial charge in [-0.3, -0.25) is 14.5 Å². The van der Waals surface area contributed by atoms with E-state index in [4.69, 9.17) is 14.5 Å². The molecule has 0 spiro atoms. The van der Waals surface area contributed by atoms with Crippen molar-refractivity contribution in [3.8, 4) is 11.5 Å². The molecule has 7 nitrogen and oxygen atoms in total. The lowest BCUT2D eigenvalue weighted by molar-refractivity contribution is -0.128. The Morgan fingerprint density at radius 1 is 1.09 bits per heavy atom. The van der Waals surface area contributed by atoms with Crippen molar-refractivity contribution >= 4 is 40.1 Å². The average Bonchev–Trinajstić information content (AvgIpc) is 3.56. The summed E-state index contributed by atoms with van der Waals surface area (Å²) in [5.41, 5.74) is 3.77. The number of methoxy groups -OCH3 is 2. The van der Waals surface area contributed by atoms with E-state index >= 15 is 0 Å². The van der Waals surface area contributed by atoms with Gasteiger partial charge < -0.3 is 14.8 Å². The molecule has 8 heteroatoms. The fraction of sp³-hybridized carbons (Fsp3) is 0.375. The molecule has 2 aliphatic rings. The van der Waals surface area contributed by atoms with Gasteiger partial charge in [0.2, 0.25) is 11.8 Å². The van der Waals surface area contributed by atoms with Gasteiger partial charge in [0.1, 0.15) is 5.25 Å². The number of nitrogens with one attached hydrogen (secondary N) is 1. The molecule has 2 fully saturated rings. The van der Waals surface area contributed by atoms with E-state index in [-0.39, 0.29) is 24.3 Å². The highest BCUT2D eigenvalue weighted by atomic mass is 32.2. The fourth-order valence-corrected chi connectivity index (χ4v) is 4.78. The molecule has 4 rings (SSSR count). The maximum Gasteiger partial charge on any atom is 0.242 e. The van der Waals surface area contributed by atoms with E-state index < -0.39 is 5.25 Å². The third-order valence-corrected chi connectivity index (χ3v) is 6.78. The Morgan fingerprint density at radius 3 is 2.50 bits per heavy atom. The summed E-state index contributed by atoms with van der Waals surface area (Å²) in [4.78, 5) is 32.3. The molecule has 1 heterocycles. The predicted molar refractivity (Wildman–Crippen MR) is 127 cm³/mol.